The second kappa shape index (κ2) is 14.4. The van der Waals surface area contributed by atoms with Crippen molar-refractivity contribution in [3.63, 3.8) is 0 Å². The third-order valence-electron chi connectivity index (χ3n) is 6.72. The molecule has 42 heavy (non-hydrogen) atoms. The van der Waals surface area contributed by atoms with Crippen molar-refractivity contribution in [3.8, 4) is 11.3 Å². The molecular formula is C31H34BN3O7. The smallest absolute Gasteiger partial charge is 0.498 e. The molecule has 2 amide bonds. The summed E-state index contributed by atoms with van der Waals surface area (Å²) in [6.07, 6.45) is -0.875. The van der Waals surface area contributed by atoms with Gasteiger partial charge in [-0.2, -0.15) is 0 Å². The van der Waals surface area contributed by atoms with Crippen molar-refractivity contribution in [2.75, 3.05) is 7.11 Å². The molecule has 1 fully saturated rings. The zero-order chi connectivity index (χ0) is 30.1. The summed E-state index contributed by atoms with van der Waals surface area (Å²) in [6.45, 7) is 3.85. The van der Waals surface area contributed by atoms with Crippen molar-refractivity contribution in [1.82, 2.24) is 15.6 Å². The van der Waals surface area contributed by atoms with Gasteiger partial charge >= 0.3 is 13.1 Å². The van der Waals surface area contributed by atoms with Crippen molar-refractivity contribution < 1.29 is 33.2 Å². The number of nitrogens with one attached hydrogen (secondary N) is 2. The normalized spacial score (nSPS) is 16.6. The Balaban J connectivity index is 1.57. The molecule has 0 saturated carbocycles. The van der Waals surface area contributed by atoms with Crippen molar-refractivity contribution in [2.24, 2.45) is 5.92 Å². The first-order valence-electron chi connectivity index (χ1n) is 13.8. The molecule has 2 aromatic carbocycles. The van der Waals surface area contributed by atoms with Crippen LogP contribution in [0.4, 0.5) is 0 Å². The standard InChI is InChI=1S/C31H34BN3O7/c1-20(2)17-27(32-41-28(36)19-26(40-3)31(39)42-32)35-30(38)25(18-21-11-6-4-7-12-21)34-29(37)24-16-10-15-23(33-24)22-13-8-5-9-14-22/h4-16,20,25-27H,17-19H2,1-3H3,(H,34,37)(H,35,38)/t25-,26+,27-/m0/s1. The summed E-state index contributed by atoms with van der Waals surface area (Å²) in [5.41, 5.74) is 2.44. The summed E-state index contributed by atoms with van der Waals surface area (Å²) in [5.74, 6) is -3.32. The molecule has 3 atom stereocenters. The van der Waals surface area contributed by atoms with Gasteiger partial charge in [0.15, 0.2) is 6.10 Å². The van der Waals surface area contributed by atoms with Crippen molar-refractivity contribution in [2.45, 2.75) is 51.2 Å². The summed E-state index contributed by atoms with van der Waals surface area (Å²) in [6, 6.07) is 22.8. The second-order valence-electron chi connectivity index (χ2n) is 10.5. The molecule has 3 aromatic rings. The van der Waals surface area contributed by atoms with Crippen molar-refractivity contribution in [1.29, 1.82) is 0 Å². The maximum atomic E-state index is 13.8. The van der Waals surface area contributed by atoms with E-state index < -0.39 is 49.0 Å². The van der Waals surface area contributed by atoms with Gasteiger partial charge in [0.2, 0.25) is 5.91 Å². The highest BCUT2D eigenvalue weighted by Crippen LogP contribution is 2.18. The van der Waals surface area contributed by atoms with Gasteiger partial charge in [-0.1, -0.05) is 80.6 Å². The van der Waals surface area contributed by atoms with E-state index in [0.717, 1.165) is 11.1 Å². The lowest BCUT2D eigenvalue weighted by Gasteiger charge is -2.26. The molecule has 4 rings (SSSR count). The number of aromatic nitrogens is 1. The largest absolute Gasteiger partial charge is 0.622 e. The first-order chi connectivity index (χ1) is 20.2. The summed E-state index contributed by atoms with van der Waals surface area (Å²) < 4.78 is 15.9. The van der Waals surface area contributed by atoms with Gasteiger partial charge in [0.1, 0.15) is 11.7 Å². The fraction of sp³-hybridized carbons (Fsp3) is 0.323. The zero-order valence-electron chi connectivity index (χ0n) is 23.8. The van der Waals surface area contributed by atoms with Gasteiger partial charge in [0.25, 0.3) is 11.9 Å². The highest BCUT2D eigenvalue weighted by atomic mass is 16.7. The zero-order valence-corrected chi connectivity index (χ0v) is 23.8. The number of ether oxygens (including phenoxy) is 1. The van der Waals surface area contributed by atoms with E-state index in [4.69, 9.17) is 14.0 Å². The maximum absolute atomic E-state index is 13.8. The number of rotatable bonds is 11. The van der Waals surface area contributed by atoms with Crippen LogP contribution in [-0.4, -0.2) is 61.1 Å². The number of carbonyl (C=O) groups excluding carboxylic acids is 4. The van der Waals surface area contributed by atoms with Crippen LogP contribution in [-0.2, 0) is 34.9 Å². The molecule has 0 unspecified atom stereocenters. The quantitative estimate of drug-likeness (QED) is 0.336. The number of nitrogens with zero attached hydrogens (tertiary/aromatic N) is 1. The van der Waals surface area contributed by atoms with Gasteiger partial charge in [0, 0.05) is 19.1 Å². The lowest BCUT2D eigenvalue weighted by molar-refractivity contribution is -0.147. The molecular weight excluding hydrogens is 537 g/mol. The Hall–Kier alpha value is -4.51. The monoisotopic (exact) mass is 571 g/mol. The fourth-order valence-electron chi connectivity index (χ4n) is 4.62. The van der Waals surface area contributed by atoms with Gasteiger partial charge in [-0.25, -0.2) is 4.98 Å². The van der Waals surface area contributed by atoms with E-state index in [-0.39, 0.29) is 24.5 Å². The molecule has 0 spiro atoms. The molecule has 0 bridgehead atoms. The molecule has 1 aliphatic heterocycles. The van der Waals surface area contributed by atoms with E-state index in [1.54, 1.807) is 18.2 Å². The van der Waals surface area contributed by atoms with Crippen LogP contribution in [0.5, 0.6) is 0 Å². The van der Waals surface area contributed by atoms with Crippen molar-refractivity contribution in [3.05, 3.63) is 90.1 Å². The number of hydrogen-bond acceptors (Lipinski definition) is 8. The van der Waals surface area contributed by atoms with Gasteiger partial charge in [0.05, 0.1) is 18.1 Å². The predicted molar refractivity (Wildman–Crippen MR) is 156 cm³/mol. The molecule has 1 aromatic heterocycles. The molecule has 1 saturated heterocycles. The number of hydrogen-bond donors (Lipinski definition) is 2. The third-order valence-corrected chi connectivity index (χ3v) is 6.72. The number of methoxy groups -OCH3 is 1. The first kappa shape index (κ1) is 30.5. The van der Waals surface area contributed by atoms with Crippen LogP contribution in [0.25, 0.3) is 11.3 Å². The highest BCUT2D eigenvalue weighted by Gasteiger charge is 2.44. The number of carbonyl (C=O) groups is 4. The van der Waals surface area contributed by atoms with E-state index in [1.807, 2.05) is 74.5 Å². The fourth-order valence-corrected chi connectivity index (χ4v) is 4.62. The molecule has 2 N–H and O–H groups in total. The lowest BCUT2D eigenvalue weighted by Crippen LogP contribution is -2.56. The minimum absolute atomic E-state index is 0.0428. The van der Waals surface area contributed by atoms with E-state index in [0.29, 0.717) is 12.1 Å². The minimum atomic E-state index is -1.35. The Bertz CT molecular complexity index is 1390. The SMILES string of the molecule is CO[C@@H]1CC(=O)OB([C@H](CC(C)C)NC(=O)[C@H](Cc2ccccc2)NC(=O)c2cccc(-c3ccccc3)n2)OC1=O. The molecule has 1 aliphatic rings. The van der Waals surface area contributed by atoms with Crippen LogP contribution < -0.4 is 10.6 Å². The number of benzene rings is 2. The number of amides is 2. The summed E-state index contributed by atoms with van der Waals surface area (Å²) in [4.78, 5) is 56.6. The molecule has 218 valence electrons. The van der Waals surface area contributed by atoms with E-state index in [2.05, 4.69) is 15.6 Å². The average molecular weight is 571 g/mol. The van der Waals surface area contributed by atoms with Crippen LogP contribution in [0.3, 0.4) is 0 Å². The second-order valence-corrected chi connectivity index (χ2v) is 10.5. The highest BCUT2D eigenvalue weighted by molar-refractivity contribution is 6.51. The van der Waals surface area contributed by atoms with Crippen LogP contribution >= 0.6 is 0 Å². The van der Waals surface area contributed by atoms with Gasteiger partial charge in [-0.15, -0.1) is 0 Å². The van der Waals surface area contributed by atoms with Gasteiger partial charge in [-0.05, 0) is 30.0 Å². The van der Waals surface area contributed by atoms with Gasteiger partial charge < -0.3 is 24.7 Å². The molecule has 0 radical (unpaired) electrons. The Morgan fingerprint density at radius 3 is 2.31 bits per heavy atom. The summed E-state index contributed by atoms with van der Waals surface area (Å²) in [5, 5.41) is 5.68. The van der Waals surface area contributed by atoms with E-state index in [9.17, 15) is 19.2 Å². The topological polar surface area (TPSA) is 133 Å². The first-order valence-corrected chi connectivity index (χ1v) is 13.8. The van der Waals surface area contributed by atoms with Crippen LogP contribution in [0, 0.1) is 5.92 Å². The summed E-state index contributed by atoms with van der Waals surface area (Å²) >= 11 is 0. The Labute approximate surface area is 245 Å². The predicted octanol–water partition coefficient (Wildman–Crippen LogP) is 3.15. The Morgan fingerprint density at radius 1 is 0.952 bits per heavy atom. The van der Waals surface area contributed by atoms with Crippen molar-refractivity contribution >= 4 is 30.9 Å². The average Bonchev–Trinajstić information content (AvgIpc) is 3.14. The number of pyridine rings is 1. The minimum Gasteiger partial charge on any atom is -0.498 e. The van der Waals surface area contributed by atoms with Crippen LogP contribution in [0.2, 0.25) is 0 Å². The van der Waals surface area contributed by atoms with Crippen LogP contribution in [0.15, 0.2) is 78.9 Å². The van der Waals surface area contributed by atoms with E-state index >= 15 is 0 Å². The summed E-state index contributed by atoms with van der Waals surface area (Å²) in [7, 11) is -0.0532. The molecule has 11 heteroatoms. The Morgan fingerprint density at radius 2 is 1.64 bits per heavy atom. The molecule has 10 nitrogen and oxygen atoms in total. The van der Waals surface area contributed by atoms with E-state index in [1.165, 1.54) is 7.11 Å². The maximum Gasteiger partial charge on any atom is 0.622 e. The molecule has 0 aliphatic carbocycles. The van der Waals surface area contributed by atoms with Crippen LogP contribution in [0.1, 0.15) is 42.7 Å². The lowest BCUT2D eigenvalue weighted by atomic mass is 9.73. The molecule has 2 heterocycles. The van der Waals surface area contributed by atoms with Gasteiger partial charge in [-0.3, -0.25) is 19.2 Å². The third kappa shape index (κ3) is 8.26. The Kier molecular flexibility index (Phi) is 10.4.